The van der Waals surface area contributed by atoms with Gasteiger partial charge in [-0.05, 0) is 160 Å². The predicted molar refractivity (Wildman–Crippen MR) is 275 cm³/mol. The fourth-order valence-corrected chi connectivity index (χ4v) is 14.0. The second-order valence-corrected chi connectivity index (χ2v) is 19.7. The molecule has 1 aromatic heterocycles. The molecule has 9 aromatic carbocycles. The van der Waals surface area contributed by atoms with Gasteiger partial charge in [-0.25, -0.2) is 0 Å². The Hall–Kier alpha value is -7.42. The van der Waals surface area contributed by atoms with Crippen molar-refractivity contribution in [3.8, 4) is 50.2 Å². The van der Waals surface area contributed by atoms with Crippen molar-refractivity contribution in [2.45, 2.75) is 37.5 Å². The van der Waals surface area contributed by atoms with E-state index in [1.165, 1.54) is 98.4 Å². The highest BCUT2D eigenvalue weighted by atomic mass is 15.1. The first kappa shape index (κ1) is 37.9. The zero-order valence-electron chi connectivity index (χ0n) is 37.0. The van der Waals surface area contributed by atoms with Gasteiger partial charge in [-0.15, -0.1) is 0 Å². The maximum absolute atomic E-state index is 2.58. The van der Waals surface area contributed by atoms with Gasteiger partial charge in [0.2, 0.25) is 0 Å². The van der Waals surface area contributed by atoms with Crippen molar-refractivity contribution in [1.29, 1.82) is 0 Å². The minimum absolute atomic E-state index is 0.153. The van der Waals surface area contributed by atoms with Crippen LogP contribution in [0.15, 0.2) is 218 Å². The van der Waals surface area contributed by atoms with Crippen molar-refractivity contribution >= 4 is 38.9 Å². The van der Waals surface area contributed by atoms with Crippen molar-refractivity contribution in [3.63, 3.8) is 0 Å². The molecule has 5 aliphatic carbocycles. The topological polar surface area (TPSA) is 8.17 Å². The first-order chi connectivity index (χ1) is 32.7. The molecule has 4 saturated carbocycles. The summed E-state index contributed by atoms with van der Waals surface area (Å²) in [6.07, 6.45) is 7.05. The van der Waals surface area contributed by atoms with E-state index >= 15 is 0 Å². The van der Waals surface area contributed by atoms with Crippen molar-refractivity contribution in [1.82, 2.24) is 4.57 Å². The van der Waals surface area contributed by atoms with Gasteiger partial charge in [0.15, 0.2) is 0 Å². The smallest absolute Gasteiger partial charge is 0.0620 e. The molecule has 316 valence electrons. The highest BCUT2D eigenvalue weighted by molar-refractivity contribution is 6.19. The number of para-hydroxylation sites is 2. The Bertz CT molecular complexity index is 3340. The molecule has 0 unspecified atom stereocenters. The summed E-state index contributed by atoms with van der Waals surface area (Å²) in [4.78, 5) is 2.46. The SMILES string of the molecule is c1ccc(-c2ccc(N(c3ccc(-c4ccccc4)cc3)c3cccc4c3c3cccc(-c5ccc6c(c5)-c5ccccc5C65C6CC7CC(C6)CC5C7)c3n4-c3ccccc3)cc2)cc1. The molecule has 66 heavy (non-hydrogen) atoms. The van der Waals surface area contributed by atoms with Crippen LogP contribution < -0.4 is 4.90 Å². The minimum atomic E-state index is 0.153. The number of hydrogen-bond donors (Lipinski definition) is 0. The first-order valence-corrected chi connectivity index (χ1v) is 24.2. The third kappa shape index (κ3) is 5.61. The van der Waals surface area contributed by atoms with Crippen LogP contribution in [0, 0.1) is 23.7 Å². The van der Waals surface area contributed by atoms with Crippen LogP contribution in [0.2, 0.25) is 0 Å². The van der Waals surface area contributed by atoms with Crippen molar-refractivity contribution in [2.24, 2.45) is 23.7 Å². The molecule has 0 N–H and O–H groups in total. The highest BCUT2D eigenvalue weighted by Gasteiger charge is 2.61. The Morgan fingerprint density at radius 1 is 0.394 bits per heavy atom. The lowest BCUT2D eigenvalue weighted by Gasteiger charge is -2.61. The van der Waals surface area contributed by atoms with Gasteiger partial charge in [0.1, 0.15) is 0 Å². The minimum Gasteiger partial charge on any atom is -0.310 e. The van der Waals surface area contributed by atoms with E-state index in [1.807, 2.05) is 0 Å². The molecule has 2 nitrogen and oxygen atoms in total. The van der Waals surface area contributed by atoms with Crippen LogP contribution >= 0.6 is 0 Å². The fourth-order valence-electron chi connectivity index (χ4n) is 14.0. The van der Waals surface area contributed by atoms with E-state index in [0.717, 1.165) is 46.4 Å². The molecule has 15 rings (SSSR count). The van der Waals surface area contributed by atoms with E-state index < -0.39 is 0 Å². The van der Waals surface area contributed by atoms with Crippen molar-refractivity contribution in [3.05, 3.63) is 230 Å². The van der Waals surface area contributed by atoms with Crippen LogP contribution in [0.25, 0.3) is 72.0 Å². The van der Waals surface area contributed by atoms with Gasteiger partial charge >= 0.3 is 0 Å². The van der Waals surface area contributed by atoms with E-state index in [0.29, 0.717) is 0 Å². The quantitative estimate of drug-likeness (QED) is 0.155. The predicted octanol–water partition coefficient (Wildman–Crippen LogP) is 17.0. The average Bonchev–Trinajstić information content (AvgIpc) is 3.88. The van der Waals surface area contributed by atoms with Crippen LogP contribution in [-0.4, -0.2) is 4.57 Å². The second-order valence-electron chi connectivity index (χ2n) is 19.7. The number of aromatic nitrogens is 1. The average molecular weight is 847 g/mol. The Kier molecular flexibility index (Phi) is 8.50. The Balaban J connectivity index is 0.982. The van der Waals surface area contributed by atoms with E-state index in [4.69, 9.17) is 0 Å². The van der Waals surface area contributed by atoms with Gasteiger partial charge < -0.3 is 9.47 Å². The third-order valence-electron chi connectivity index (χ3n) is 16.4. The number of nitrogens with zero attached hydrogens (tertiary/aromatic N) is 2. The summed E-state index contributed by atoms with van der Waals surface area (Å²) in [5, 5.41) is 2.48. The monoisotopic (exact) mass is 846 g/mol. The standard InChI is InChI=1S/C64H50N2/c1-4-14-44(15-5-1)46-26-31-52(32-27-46)65(53-33-28-47(29-34-53)45-16-6-2-7-17-45)60-24-13-25-61-62(60)56-22-12-21-54(63(56)66(61)51-18-8-3-9-19-51)48-30-35-59-57(41-48)55-20-10-11-23-58(55)64(59)49-37-42-36-43(39-49)40-50(64)38-42/h1-35,41-43,49-50H,36-40H2. The molecular weight excluding hydrogens is 797 g/mol. The molecule has 1 heterocycles. The van der Waals surface area contributed by atoms with Crippen LogP contribution in [0.5, 0.6) is 0 Å². The molecule has 0 radical (unpaired) electrons. The summed E-state index contributed by atoms with van der Waals surface area (Å²) in [6.45, 7) is 0. The molecule has 0 amide bonds. The largest absolute Gasteiger partial charge is 0.310 e. The van der Waals surface area contributed by atoms with Gasteiger partial charge in [0, 0.05) is 38.8 Å². The zero-order chi connectivity index (χ0) is 43.3. The van der Waals surface area contributed by atoms with Crippen molar-refractivity contribution in [2.75, 3.05) is 4.90 Å². The molecule has 0 saturated heterocycles. The number of hydrogen-bond acceptors (Lipinski definition) is 1. The Morgan fingerprint density at radius 3 is 1.55 bits per heavy atom. The van der Waals surface area contributed by atoms with Gasteiger partial charge in [-0.1, -0.05) is 164 Å². The summed E-state index contributed by atoms with van der Waals surface area (Å²) in [5.41, 5.74) is 20.6. The van der Waals surface area contributed by atoms with E-state index in [-0.39, 0.29) is 5.41 Å². The van der Waals surface area contributed by atoms with Gasteiger partial charge in [0.25, 0.3) is 0 Å². The number of anilines is 3. The number of rotatable bonds is 7. The summed E-state index contributed by atoms with van der Waals surface area (Å²) in [6, 6.07) is 81.6. The fraction of sp³-hybridized carbons (Fsp3) is 0.156. The summed E-state index contributed by atoms with van der Waals surface area (Å²) in [7, 11) is 0. The lowest BCUT2D eigenvalue weighted by molar-refractivity contribution is -0.0399. The highest BCUT2D eigenvalue weighted by Crippen LogP contribution is 2.69. The molecule has 2 heteroatoms. The summed E-state index contributed by atoms with van der Waals surface area (Å²) in [5.74, 6) is 3.34. The molecule has 0 aliphatic heterocycles. The summed E-state index contributed by atoms with van der Waals surface area (Å²) >= 11 is 0. The van der Waals surface area contributed by atoms with Gasteiger partial charge in [-0.3, -0.25) is 0 Å². The van der Waals surface area contributed by atoms with Crippen LogP contribution in [0.3, 0.4) is 0 Å². The Morgan fingerprint density at radius 2 is 0.909 bits per heavy atom. The molecule has 0 atom stereocenters. The van der Waals surface area contributed by atoms with E-state index in [9.17, 15) is 0 Å². The van der Waals surface area contributed by atoms with Crippen LogP contribution in [-0.2, 0) is 5.41 Å². The molecule has 4 bridgehead atoms. The molecule has 10 aromatic rings. The maximum atomic E-state index is 2.58. The third-order valence-corrected chi connectivity index (χ3v) is 16.4. The van der Waals surface area contributed by atoms with Crippen molar-refractivity contribution < 1.29 is 0 Å². The molecule has 4 fully saturated rings. The van der Waals surface area contributed by atoms with E-state index in [1.54, 1.807) is 11.1 Å². The second kappa shape index (κ2) is 14.8. The van der Waals surface area contributed by atoms with E-state index in [2.05, 4.69) is 228 Å². The van der Waals surface area contributed by atoms with Gasteiger partial charge in [0.05, 0.1) is 16.7 Å². The number of fused-ring (bicyclic) bond motifs is 6. The number of benzene rings is 9. The summed E-state index contributed by atoms with van der Waals surface area (Å²) < 4.78 is 2.53. The first-order valence-electron chi connectivity index (χ1n) is 24.2. The lowest BCUT2D eigenvalue weighted by atomic mass is 9.43. The van der Waals surface area contributed by atoms with Gasteiger partial charge in [-0.2, -0.15) is 0 Å². The van der Waals surface area contributed by atoms with Crippen LogP contribution in [0.1, 0.15) is 43.2 Å². The molecular formula is C64H50N2. The van der Waals surface area contributed by atoms with Crippen LogP contribution in [0.4, 0.5) is 17.1 Å². The Labute approximate surface area is 387 Å². The molecule has 1 spiro atoms. The normalized spacial score (nSPS) is 21.1. The maximum Gasteiger partial charge on any atom is 0.0620 e. The zero-order valence-corrected chi connectivity index (χ0v) is 37.0. The molecule has 5 aliphatic rings. The lowest BCUT2D eigenvalue weighted by Crippen LogP contribution is -2.55.